The van der Waals surface area contributed by atoms with Crippen molar-refractivity contribution >= 4 is 17.9 Å². The summed E-state index contributed by atoms with van der Waals surface area (Å²) in [5.74, 6) is 0.919. The number of likely N-dealkylation sites (tertiary alicyclic amines) is 1. The second-order valence-corrected chi connectivity index (χ2v) is 6.41. The lowest BCUT2D eigenvalue weighted by Crippen LogP contribution is -2.36. The third-order valence-electron chi connectivity index (χ3n) is 2.76. The number of thioether (sulfide) groups is 1. The first kappa shape index (κ1) is 14.6. The van der Waals surface area contributed by atoms with Crippen molar-refractivity contribution < 1.29 is 14.6 Å². The molecule has 2 atom stereocenters. The largest absolute Gasteiger partial charge is 0.444 e. The summed E-state index contributed by atoms with van der Waals surface area (Å²) in [5, 5.41) is 9.88. The van der Waals surface area contributed by atoms with E-state index in [1.807, 2.05) is 27.0 Å². The number of aliphatic hydroxyl groups excluding tert-OH is 1. The fraction of sp³-hybridized carbons (Fsp3) is 0.917. The summed E-state index contributed by atoms with van der Waals surface area (Å²) in [7, 11) is 0. The van der Waals surface area contributed by atoms with Crippen LogP contribution in [0.15, 0.2) is 0 Å². The van der Waals surface area contributed by atoms with Crippen LogP contribution in [-0.2, 0) is 4.74 Å². The molecule has 100 valence electrons. The Morgan fingerprint density at radius 2 is 2.24 bits per heavy atom. The van der Waals surface area contributed by atoms with Gasteiger partial charge in [-0.2, -0.15) is 11.8 Å². The lowest BCUT2D eigenvalue weighted by atomic mass is 10.0. The summed E-state index contributed by atoms with van der Waals surface area (Å²) >= 11 is 1.63. The van der Waals surface area contributed by atoms with E-state index >= 15 is 0 Å². The molecule has 0 aromatic rings. The number of hydrogen-bond acceptors (Lipinski definition) is 4. The van der Waals surface area contributed by atoms with Crippen LogP contribution in [-0.4, -0.2) is 52.9 Å². The van der Waals surface area contributed by atoms with Gasteiger partial charge in [-0.1, -0.05) is 0 Å². The lowest BCUT2D eigenvalue weighted by Gasteiger charge is -2.25. The average Bonchev–Trinajstić information content (AvgIpc) is 2.63. The Morgan fingerprint density at radius 3 is 2.76 bits per heavy atom. The smallest absolute Gasteiger partial charge is 0.410 e. The van der Waals surface area contributed by atoms with Crippen LogP contribution in [0.3, 0.4) is 0 Å². The number of hydrogen-bond donors (Lipinski definition) is 1. The molecule has 0 aromatic heterocycles. The van der Waals surface area contributed by atoms with Gasteiger partial charge >= 0.3 is 6.09 Å². The Balaban J connectivity index is 2.42. The normalized spacial score (nSPS) is 22.6. The zero-order chi connectivity index (χ0) is 13.1. The highest BCUT2D eigenvalue weighted by molar-refractivity contribution is 7.98. The molecule has 1 N–H and O–H groups in total. The van der Waals surface area contributed by atoms with Crippen molar-refractivity contribution in [2.24, 2.45) is 5.92 Å². The minimum atomic E-state index is -0.451. The molecule has 1 amide bonds. The van der Waals surface area contributed by atoms with Gasteiger partial charge in [-0.3, -0.25) is 0 Å². The standard InChI is InChI=1S/C12H23NO3S/c1-12(2,3)16-11(15)13-6-5-9(7-13)10(14)8-17-4/h9-10,14H,5-8H2,1-4H3/t9-,10+/m0/s1. The first-order chi connectivity index (χ1) is 7.83. The van der Waals surface area contributed by atoms with Crippen LogP contribution in [0.5, 0.6) is 0 Å². The number of carbonyl (C=O) groups excluding carboxylic acids is 1. The van der Waals surface area contributed by atoms with E-state index in [2.05, 4.69) is 0 Å². The highest BCUT2D eigenvalue weighted by Gasteiger charge is 2.32. The molecule has 1 saturated heterocycles. The summed E-state index contributed by atoms with van der Waals surface area (Å²) in [5.41, 5.74) is -0.451. The van der Waals surface area contributed by atoms with Gasteiger partial charge in [0.15, 0.2) is 0 Å². The highest BCUT2D eigenvalue weighted by Crippen LogP contribution is 2.23. The van der Waals surface area contributed by atoms with Crippen molar-refractivity contribution in [3.63, 3.8) is 0 Å². The molecule has 0 unspecified atom stereocenters. The van der Waals surface area contributed by atoms with E-state index in [-0.39, 0.29) is 18.1 Å². The minimum Gasteiger partial charge on any atom is -0.444 e. The van der Waals surface area contributed by atoms with Crippen LogP contribution >= 0.6 is 11.8 Å². The summed E-state index contributed by atoms with van der Waals surface area (Å²) in [6.07, 6.45) is 2.25. The minimum absolute atomic E-state index is 0.190. The molecule has 4 nitrogen and oxygen atoms in total. The third kappa shape index (κ3) is 4.76. The SMILES string of the molecule is CSC[C@@H](O)[C@H]1CCN(C(=O)OC(C)(C)C)C1. The van der Waals surface area contributed by atoms with Gasteiger partial charge in [-0.15, -0.1) is 0 Å². The third-order valence-corrected chi connectivity index (χ3v) is 3.43. The molecule has 0 radical (unpaired) electrons. The zero-order valence-electron chi connectivity index (χ0n) is 11.1. The molecule has 0 bridgehead atoms. The van der Waals surface area contributed by atoms with Crippen LogP contribution in [0.2, 0.25) is 0 Å². The van der Waals surface area contributed by atoms with Gasteiger partial charge in [0.05, 0.1) is 6.10 Å². The predicted octanol–water partition coefficient (Wildman–Crippen LogP) is 1.97. The van der Waals surface area contributed by atoms with Crippen molar-refractivity contribution in [3.05, 3.63) is 0 Å². The summed E-state index contributed by atoms with van der Waals surface area (Å²) < 4.78 is 5.31. The molecule has 1 aliphatic heterocycles. The molecule has 5 heteroatoms. The molecule has 1 heterocycles. The van der Waals surface area contributed by atoms with Gasteiger partial charge in [0.2, 0.25) is 0 Å². The van der Waals surface area contributed by atoms with Gasteiger partial charge in [-0.25, -0.2) is 4.79 Å². The van der Waals surface area contributed by atoms with E-state index in [0.29, 0.717) is 13.1 Å². The fourth-order valence-electron chi connectivity index (χ4n) is 1.90. The maximum absolute atomic E-state index is 11.8. The fourth-order valence-corrected chi connectivity index (χ4v) is 2.51. The molecular weight excluding hydrogens is 238 g/mol. The van der Waals surface area contributed by atoms with Gasteiger partial charge in [-0.05, 0) is 33.4 Å². The van der Waals surface area contributed by atoms with E-state index < -0.39 is 5.60 Å². The maximum atomic E-state index is 11.8. The number of aliphatic hydroxyl groups is 1. The van der Waals surface area contributed by atoms with E-state index in [1.165, 1.54) is 0 Å². The van der Waals surface area contributed by atoms with Crippen LogP contribution in [0.25, 0.3) is 0 Å². The second kappa shape index (κ2) is 5.96. The number of amides is 1. The van der Waals surface area contributed by atoms with Crippen LogP contribution in [0, 0.1) is 5.92 Å². The Bertz CT molecular complexity index is 265. The molecule has 1 fully saturated rings. The Morgan fingerprint density at radius 1 is 1.59 bits per heavy atom. The summed E-state index contributed by atoms with van der Waals surface area (Å²) in [6.45, 7) is 6.88. The average molecular weight is 261 g/mol. The topological polar surface area (TPSA) is 49.8 Å². The molecule has 0 spiro atoms. The first-order valence-corrected chi connectivity index (χ1v) is 7.38. The molecule has 0 saturated carbocycles. The first-order valence-electron chi connectivity index (χ1n) is 5.98. The van der Waals surface area contributed by atoms with E-state index in [1.54, 1.807) is 16.7 Å². The summed E-state index contributed by atoms with van der Waals surface area (Å²) in [6, 6.07) is 0. The predicted molar refractivity (Wildman–Crippen MR) is 70.3 cm³/mol. The molecule has 1 aliphatic rings. The maximum Gasteiger partial charge on any atom is 0.410 e. The number of rotatable bonds is 3. The zero-order valence-corrected chi connectivity index (χ0v) is 11.9. The van der Waals surface area contributed by atoms with E-state index in [0.717, 1.165) is 12.2 Å². The van der Waals surface area contributed by atoms with Crippen molar-refractivity contribution in [3.8, 4) is 0 Å². The van der Waals surface area contributed by atoms with Gasteiger partial charge in [0, 0.05) is 24.8 Å². The van der Waals surface area contributed by atoms with E-state index in [4.69, 9.17) is 4.74 Å². The van der Waals surface area contributed by atoms with Gasteiger partial charge in [0.25, 0.3) is 0 Å². The number of carbonyl (C=O) groups is 1. The van der Waals surface area contributed by atoms with E-state index in [9.17, 15) is 9.90 Å². The molecular formula is C12H23NO3S. The van der Waals surface area contributed by atoms with Crippen molar-refractivity contribution in [1.82, 2.24) is 4.90 Å². The quantitative estimate of drug-likeness (QED) is 0.844. The van der Waals surface area contributed by atoms with Crippen LogP contribution in [0.4, 0.5) is 4.79 Å². The second-order valence-electron chi connectivity index (χ2n) is 5.50. The highest BCUT2D eigenvalue weighted by atomic mass is 32.2. The Hall–Kier alpha value is -0.420. The molecule has 1 rings (SSSR count). The van der Waals surface area contributed by atoms with Crippen molar-refractivity contribution in [2.45, 2.75) is 38.9 Å². The van der Waals surface area contributed by atoms with Crippen molar-refractivity contribution in [2.75, 3.05) is 25.1 Å². The number of nitrogens with zero attached hydrogens (tertiary/aromatic N) is 1. The van der Waals surface area contributed by atoms with Gasteiger partial charge in [0.1, 0.15) is 5.60 Å². The number of ether oxygens (including phenoxy) is 1. The van der Waals surface area contributed by atoms with Gasteiger partial charge < -0.3 is 14.7 Å². The molecule has 0 aromatic carbocycles. The molecule has 17 heavy (non-hydrogen) atoms. The molecule has 0 aliphatic carbocycles. The van der Waals surface area contributed by atoms with Crippen LogP contribution in [0.1, 0.15) is 27.2 Å². The lowest BCUT2D eigenvalue weighted by molar-refractivity contribution is 0.0274. The Kier molecular flexibility index (Phi) is 5.13. The van der Waals surface area contributed by atoms with Crippen molar-refractivity contribution in [1.29, 1.82) is 0 Å². The summed E-state index contributed by atoms with van der Waals surface area (Å²) in [4.78, 5) is 13.5. The monoisotopic (exact) mass is 261 g/mol. The Labute approximate surface area is 108 Å². The van der Waals surface area contributed by atoms with Crippen LogP contribution < -0.4 is 0 Å².